The number of nitrogens with zero attached hydrogens (tertiary/aromatic N) is 2. The SMILES string of the molecule is CCCCCCCCCCCCCCCN1C=CN(Cc2ccccc2)C1CCCCCCCCCCCCCC. The maximum Gasteiger partial charge on any atom is 0.101 e. The highest BCUT2D eigenvalue weighted by Gasteiger charge is 2.25. The van der Waals surface area contributed by atoms with E-state index < -0.39 is 0 Å². The molecule has 1 aromatic rings. The molecule has 0 aromatic heterocycles. The van der Waals surface area contributed by atoms with E-state index in [2.05, 4.69) is 66.4 Å². The first-order chi connectivity index (χ1) is 20.3. The van der Waals surface area contributed by atoms with Crippen molar-refractivity contribution >= 4 is 0 Å². The van der Waals surface area contributed by atoms with E-state index in [1.54, 1.807) is 0 Å². The zero-order valence-electron chi connectivity index (χ0n) is 27.8. The minimum absolute atomic E-state index is 0.552. The Morgan fingerprint density at radius 3 is 1.29 bits per heavy atom. The van der Waals surface area contributed by atoms with Crippen molar-refractivity contribution in [2.45, 2.75) is 193 Å². The average molecular weight is 567 g/mol. The summed E-state index contributed by atoms with van der Waals surface area (Å²) >= 11 is 0. The molecule has 41 heavy (non-hydrogen) atoms. The van der Waals surface area contributed by atoms with Gasteiger partial charge in [0, 0.05) is 25.5 Å². The summed E-state index contributed by atoms with van der Waals surface area (Å²) in [5.74, 6) is 0. The second-order valence-corrected chi connectivity index (χ2v) is 13.1. The molecule has 1 heterocycles. The fourth-order valence-electron chi connectivity index (χ4n) is 6.55. The van der Waals surface area contributed by atoms with Crippen molar-refractivity contribution in [3.05, 3.63) is 48.3 Å². The molecule has 0 N–H and O–H groups in total. The summed E-state index contributed by atoms with van der Waals surface area (Å²) in [6.07, 6.45) is 42.4. The molecule has 1 atom stereocenters. The lowest BCUT2D eigenvalue weighted by Crippen LogP contribution is -2.38. The molecule has 1 unspecified atom stereocenters. The first kappa shape index (κ1) is 35.8. The third kappa shape index (κ3) is 18.7. The third-order valence-electron chi connectivity index (χ3n) is 9.26. The third-order valence-corrected chi connectivity index (χ3v) is 9.26. The van der Waals surface area contributed by atoms with Crippen LogP contribution in [0.5, 0.6) is 0 Å². The normalized spacial score (nSPS) is 14.9. The van der Waals surface area contributed by atoms with Gasteiger partial charge in [-0.3, -0.25) is 0 Å². The number of hydrogen-bond donors (Lipinski definition) is 0. The molecule has 2 heteroatoms. The van der Waals surface area contributed by atoms with E-state index in [4.69, 9.17) is 0 Å². The Bertz CT molecular complexity index is 699. The van der Waals surface area contributed by atoms with Crippen LogP contribution in [0.15, 0.2) is 42.7 Å². The van der Waals surface area contributed by atoms with Gasteiger partial charge in [-0.1, -0.05) is 192 Å². The Morgan fingerprint density at radius 1 is 0.439 bits per heavy atom. The first-order valence-electron chi connectivity index (χ1n) is 18.6. The van der Waals surface area contributed by atoms with Crippen LogP contribution in [-0.4, -0.2) is 22.5 Å². The van der Waals surface area contributed by atoms with Crippen molar-refractivity contribution in [2.75, 3.05) is 6.54 Å². The Labute approximate surface area is 257 Å². The lowest BCUT2D eigenvalue weighted by molar-refractivity contribution is 0.132. The van der Waals surface area contributed by atoms with Crippen LogP contribution < -0.4 is 0 Å². The molecule has 1 aliphatic rings. The number of rotatable bonds is 29. The van der Waals surface area contributed by atoms with E-state index >= 15 is 0 Å². The fraction of sp³-hybridized carbons (Fsp3) is 0.795. The minimum Gasteiger partial charge on any atom is -0.356 e. The maximum absolute atomic E-state index is 2.67. The van der Waals surface area contributed by atoms with Gasteiger partial charge in [0.15, 0.2) is 0 Å². The van der Waals surface area contributed by atoms with Crippen LogP contribution in [0.2, 0.25) is 0 Å². The van der Waals surface area contributed by atoms with E-state index in [0.717, 1.165) is 6.54 Å². The predicted octanol–water partition coefficient (Wildman–Crippen LogP) is 12.8. The molecule has 0 aliphatic carbocycles. The van der Waals surface area contributed by atoms with Crippen LogP contribution in [0, 0.1) is 0 Å². The molecule has 0 saturated carbocycles. The van der Waals surface area contributed by atoms with Crippen LogP contribution >= 0.6 is 0 Å². The zero-order chi connectivity index (χ0) is 29.1. The molecule has 236 valence electrons. The first-order valence-corrected chi connectivity index (χ1v) is 18.6. The van der Waals surface area contributed by atoms with Crippen molar-refractivity contribution < 1.29 is 0 Å². The highest BCUT2D eigenvalue weighted by atomic mass is 15.4. The van der Waals surface area contributed by atoms with E-state index in [1.165, 1.54) is 179 Å². The molecule has 1 aliphatic heterocycles. The van der Waals surface area contributed by atoms with Crippen molar-refractivity contribution in [3.63, 3.8) is 0 Å². The summed E-state index contributed by atoms with van der Waals surface area (Å²) in [6, 6.07) is 11.1. The van der Waals surface area contributed by atoms with E-state index in [0.29, 0.717) is 6.17 Å². The van der Waals surface area contributed by atoms with Gasteiger partial charge in [-0.15, -0.1) is 0 Å². The molecule has 0 amide bonds. The lowest BCUT2D eigenvalue weighted by atomic mass is 10.0. The molecule has 0 radical (unpaired) electrons. The summed E-state index contributed by atoms with van der Waals surface area (Å²) in [7, 11) is 0. The highest BCUT2D eigenvalue weighted by molar-refractivity contribution is 5.16. The molecule has 0 fully saturated rings. The average Bonchev–Trinajstić information content (AvgIpc) is 3.37. The smallest absolute Gasteiger partial charge is 0.101 e. The lowest BCUT2D eigenvalue weighted by Gasteiger charge is -2.33. The minimum atomic E-state index is 0.552. The van der Waals surface area contributed by atoms with Gasteiger partial charge in [-0.2, -0.15) is 0 Å². The number of hydrogen-bond acceptors (Lipinski definition) is 2. The van der Waals surface area contributed by atoms with Gasteiger partial charge >= 0.3 is 0 Å². The Balaban J connectivity index is 1.57. The van der Waals surface area contributed by atoms with E-state index in [9.17, 15) is 0 Å². The molecular weight excluding hydrogens is 496 g/mol. The predicted molar refractivity (Wildman–Crippen MR) is 183 cm³/mol. The Morgan fingerprint density at radius 2 is 0.829 bits per heavy atom. The summed E-state index contributed by atoms with van der Waals surface area (Å²) in [6.45, 7) is 6.88. The van der Waals surface area contributed by atoms with Gasteiger partial charge in [-0.05, 0) is 24.8 Å². The fourth-order valence-corrected chi connectivity index (χ4v) is 6.55. The van der Waals surface area contributed by atoms with Gasteiger partial charge in [0.2, 0.25) is 0 Å². The maximum atomic E-state index is 2.67. The topological polar surface area (TPSA) is 6.48 Å². The van der Waals surface area contributed by atoms with Crippen molar-refractivity contribution in [3.8, 4) is 0 Å². The van der Waals surface area contributed by atoms with Crippen molar-refractivity contribution in [2.24, 2.45) is 0 Å². The molecular formula is C39H70N2. The van der Waals surface area contributed by atoms with Crippen LogP contribution in [0.1, 0.15) is 186 Å². The summed E-state index contributed by atoms with van der Waals surface area (Å²) < 4.78 is 0. The second kappa shape index (κ2) is 26.2. The summed E-state index contributed by atoms with van der Waals surface area (Å²) in [5.41, 5.74) is 1.43. The largest absolute Gasteiger partial charge is 0.356 e. The highest BCUT2D eigenvalue weighted by Crippen LogP contribution is 2.25. The van der Waals surface area contributed by atoms with Crippen molar-refractivity contribution in [1.29, 1.82) is 0 Å². The molecule has 0 spiro atoms. The molecule has 2 nitrogen and oxygen atoms in total. The van der Waals surface area contributed by atoms with Gasteiger partial charge in [-0.25, -0.2) is 0 Å². The zero-order valence-corrected chi connectivity index (χ0v) is 27.8. The second-order valence-electron chi connectivity index (χ2n) is 13.1. The van der Waals surface area contributed by atoms with Crippen LogP contribution in [0.3, 0.4) is 0 Å². The van der Waals surface area contributed by atoms with Gasteiger partial charge in [0.25, 0.3) is 0 Å². The van der Waals surface area contributed by atoms with Crippen LogP contribution in [0.4, 0.5) is 0 Å². The molecule has 1 aromatic carbocycles. The summed E-state index contributed by atoms with van der Waals surface area (Å²) in [5, 5.41) is 0. The van der Waals surface area contributed by atoms with Crippen molar-refractivity contribution in [1.82, 2.24) is 9.80 Å². The molecule has 0 bridgehead atoms. The van der Waals surface area contributed by atoms with E-state index in [-0.39, 0.29) is 0 Å². The van der Waals surface area contributed by atoms with E-state index in [1.807, 2.05) is 0 Å². The number of unbranched alkanes of at least 4 members (excludes halogenated alkanes) is 23. The van der Waals surface area contributed by atoms with Gasteiger partial charge < -0.3 is 9.80 Å². The van der Waals surface area contributed by atoms with Crippen LogP contribution in [0.25, 0.3) is 0 Å². The monoisotopic (exact) mass is 567 g/mol. The Hall–Kier alpha value is -1.44. The van der Waals surface area contributed by atoms with Crippen LogP contribution in [-0.2, 0) is 6.54 Å². The standard InChI is InChI=1S/C39H70N2/c1-3-5-7-9-11-13-15-17-19-21-23-25-30-34-40-35-36-41(37-38-31-27-26-28-32-38)39(40)33-29-24-22-20-18-16-14-12-10-8-6-4-2/h26-28,31-32,35-36,39H,3-25,29-30,33-34,37H2,1-2H3. The molecule has 0 saturated heterocycles. The van der Waals surface area contributed by atoms with Gasteiger partial charge in [0.05, 0.1) is 0 Å². The quantitative estimate of drug-likeness (QED) is 0.0890. The number of benzene rings is 1. The van der Waals surface area contributed by atoms with Gasteiger partial charge in [0.1, 0.15) is 6.17 Å². The molecule has 2 rings (SSSR count). The summed E-state index contributed by atoms with van der Waals surface area (Å²) in [4.78, 5) is 5.27. The Kier molecular flexibility index (Phi) is 22.9.